The van der Waals surface area contributed by atoms with Crippen LogP contribution in [0, 0.1) is 0 Å². The lowest BCUT2D eigenvalue weighted by atomic mass is 10.2. The van der Waals surface area contributed by atoms with Crippen LogP contribution < -0.4 is 10.3 Å². The minimum atomic E-state index is 0.750. The lowest BCUT2D eigenvalue weighted by Gasteiger charge is -1.98. The smallest absolute Gasteiger partial charge is 0.278 e. The molecule has 0 spiro atoms. The number of halogens is 1. The van der Waals surface area contributed by atoms with Crippen LogP contribution in [-0.4, -0.2) is 0 Å². The van der Waals surface area contributed by atoms with Crippen molar-refractivity contribution in [3.8, 4) is 11.3 Å². The average Bonchev–Trinajstić information content (AvgIpc) is 2.50. The highest BCUT2D eigenvalue weighted by atomic mass is 35.5. The fraction of sp³-hybridized carbons (Fsp3) is 0.100. The Labute approximate surface area is 91.6 Å². The summed E-state index contributed by atoms with van der Waals surface area (Å²) in [5.41, 5.74) is 8.01. The van der Waals surface area contributed by atoms with Gasteiger partial charge in [0, 0.05) is 16.0 Å². The van der Waals surface area contributed by atoms with Crippen LogP contribution in [0.2, 0.25) is 5.02 Å². The molecule has 0 aliphatic heterocycles. The molecule has 1 aromatic heterocycles. The van der Waals surface area contributed by atoms with Gasteiger partial charge in [-0.25, -0.2) is 4.57 Å². The van der Waals surface area contributed by atoms with Gasteiger partial charge in [0.15, 0.2) is 0 Å². The maximum Gasteiger partial charge on any atom is 0.331 e. The van der Waals surface area contributed by atoms with E-state index in [9.17, 15) is 0 Å². The molecule has 0 atom stereocenters. The molecule has 2 N–H and O–H groups in total. The summed E-state index contributed by atoms with van der Waals surface area (Å²) in [7, 11) is 1.95. The van der Waals surface area contributed by atoms with Gasteiger partial charge in [-0.1, -0.05) is 22.9 Å². The molecule has 0 saturated heterocycles. The van der Waals surface area contributed by atoms with E-state index in [2.05, 4.69) is 0 Å². The number of nitrogen functional groups attached to an aromatic ring is 1. The summed E-state index contributed by atoms with van der Waals surface area (Å²) in [5, 5.41) is 3.59. The molecule has 1 aromatic carbocycles. The Kier molecular flexibility index (Phi) is 2.44. The van der Waals surface area contributed by atoms with Crippen LogP contribution in [0.5, 0.6) is 0 Å². The van der Waals surface area contributed by atoms with Crippen molar-refractivity contribution in [3.63, 3.8) is 0 Å². The lowest BCUT2D eigenvalue weighted by molar-refractivity contribution is -0.641. The molecular weight excluding hydrogens is 216 g/mol. The van der Waals surface area contributed by atoms with E-state index < -0.39 is 0 Å². The second-order valence-corrected chi connectivity index (χ2v) is 4.35. The normalized spacial score (nSPS) is 10.4. The fourth-order valence-corrected chi connectivity index (χ4v) is 2.18. The van der Waals surface area contributed by atoms with Crippen molar-refractivity contribution in [3.05, 3.63) is 34.7 Å². The highest BCUT2D eigenvalue weighted by molar-refractivity contribution is 7.13. The van der Waals surface area contributed by atoms with Crippen LogP contribution in [0.15, 0.2) is 29.6 Å². The van der Waals surface area contributed by atoms with Crippen LogP contribution in [0.25, 0.3) is 11.3 Å². The first-order valence-corrected chi connectivity index (χ1v) is 5.43. The second kappa shape index (κ2) is 3.59. The molecular formula is C10H10ClN2S+. The Hall–Kier alpha value is -1.06. The number of hydrogen-bond donors (Lipinski definition) is 1. The number of aromatic nitrogens is 1. The molecule has 72 valence electrons. The SMILES string of the molecule is C[n+]1c(-c2ccc(Cl)cc2)csc1N. The van der Waals surface area contributed by atoms with Gasteiger partial charge in [0.1, 0.15) is 5.69 Å². The predicted molar refractivity (Wildman–Crippen MR) is 60.4 cm³/mol. The fourth-order valence-electron chi connectivity index (χ4n) is 1.28. The van der Waals surface area contributed by atoms with Gasteiger partial charge in [-0.2, -0.15) is 0 Å². The van der Waals surface area contributed by atoms with Crippen LogP contribution >= 0.6 is 22.9 Å². The van der Waals surface area contributed by atoms with Crippen molar-refractivity contribution in [2.75, 3.05) is 5.73 Å². The van der Waals surface area contributed by atoms with Crippen molar-refractivity contribution in [1.29, 1.82) is 0 Å². The Morgan fingerprint density at radius 2 is 1.93 bits per heavy atom. The number of rotatable bonds is 1. The van der Waals surface area contributed by atoms with E-state index in [-0.39, 0.29) is 0 Å². The van der Waals surface area contributed by atoms with Gasteiger partial charge in [-0.15, -0.1) is 0 Å². The van der Waals surface area contributed by atoms with Crippen molar-refractivity contribution in [2.24, 2.45) is 7.05 Å². The van der Waals surface area contributed by atoms with Gasteiger partial charge in [0.2, 0.25) is 0 Å². The van der Waals surface area contributed by atoms with Gasteiger partial charge < -0.3 is 0 Å². The molecule has 0 unspecified atom stereocenters. The van der Waals surface area contributed by atoms with Crippen LogP contribution in [-0.2, 0) is 7.05 Å². The quantitative estimate of drug-likeness (QED) is 0.743. The Balaban J connectivity index is 2.49. The van der Waals surface area contributed by atoms with Crippen LogP contribution in [0.3, 0.4) is 0 Å². The lowest BCUT2D eigenvalue weighted by Crippen LogP contribution is -2.31. The summed E-state index contributed by atoms with van der Waals surface area (Å²) in [6.07, 6.45) is 0. The van der Waals surface area contributed by atoms with Crippen molar-refractivity contribution >= 4 is 28.1 Å². The molecule has 0 fully saturated rings. The molecule has 2 rings (SSSR count). The highest BCUT2D eigenvalue weighted by Crippen LogP contribution is 2.22. The van der Waals surface area contributed by atoms with E-state index in [4.69, 9.17) is 17.3 Å². The second-order valence-electron chi connectivity index (χ2n) is 3.03. The Morgan fingerprint density at radius 1 is 1.29 bits per heavy atom. The van der Waals surface area contributed by atoms with E-state index in [1.807, 2.05) is 41.3 Å². The molecule has 2 aromatic rings. The molecule has 0 aliphatic carbocycles. The Morgan fingerprint density at radius 3 is 2.43 bits per heavy atom. The first-order chi connectivity index (χ1) is 6.68. The number of benzene rings is 1. The van der Waals surface area contributed by atoms with Gasteiger partial charge in [-0.3, -0.25) is 5.73 Å². The molecule has 4 heteroatoms. The summed E-state index contributed by atoms with van der Waals surface area (Å²) in [6.45, 7) is 0. The molecule has 1 heterocycles. The average molecular weight is 226 g/mol. The zero-order chi connectivity index (χ0) is 10.1. The van der Waals surface area contributed by atoms with Crippen molar-refractivity contribution < 1.29 is 4.57 Å². The van der Waals surface area contributed by atoms with Gasteiger partial charge in [0.05, 0.1) is 7.05 Å². The minimum Gasteiger partial charge on any atom is -0.278 e. The van der Waals surface area contributed by atoms with Crippen LogP contribution in [0.4, 0.5) is 5.13 Å². The molecule has 0 saturated carbocycles. The third kappa shape index (κ3) is 1.61. The zero-order valence-electron chi connectivity index (χ0n) is 7.70. The summed E-state index contributed by atoms with van der Waals surface area (Å²) >= 11 is 7.35. The van der Waals surface area contributed by atoms with E-state index in [0.29, 0.717) is 0 Å². The van der Waals surface area contributed by atoms with Crippen LogP contribution in [0.1, 0.15) is 0 Å². The highest BCUT2D eigenvalue weighted by Gasteiger charge is 2.11. The van der Waals surface area contributed by atoms with E-state index in [0.717, 1.165) is 21.4 Å². The molecule has 0 bridgehead atoms. The van der Waals surface area contributed by atoms with Crippen molar-refractivity contribution in [2.45, 2.75) is 0 Å². The first-order valence-electron chi connectivity index (χ1n) is 4.17. The third-order valence-corrected chi connectivity index (χ3v) is 3.23. The van der Waals surface area contributed by atoms with Crippen molar-refractivity contribution in [1.82, 2.24) is 0 Å². The predicted octanol–water partition coefficient (Wildman–Crippen LogP) is 2.48. The van der Waals surface area contributed by atoms with E-state index in [1.54, 1.807) is 0 Å². The summed E-state index contributed by atoms with van der Waals surface area (Å²) < 4.78 is 1.97. The monoisotopic (exact) mass is 225 g/mol. The minimum absolute atomic E-state index is 0.750. The van der Waals surface area contributed by atoms with E-state index >= 15 is 0 Å². The maximum absolute atomic E-state index is 5.82. The molecule has 14 heavy (non-hydrogen) atoms. The number of hydrogen-bond acceptors (Lipinski definition) is 2. The summed E-state index contributed by atoms with van der Waals surface area (Å²) in [5.74, 6) is 0. The maximum atomic E-state index is 5.82. The van der Waals surface area contributed by atoms with Gasteiger partial charge in [0.25, 0.3) is 0 Å². The summed E-state index contributed by atoms with van der Waals surface area (Å²) in [4.78, 5) is 0. The number of anilines is 1. The molecule has 0 radical (unpaired) electrons. The largest absolute Gasteiger partial charge is 0.331 e. The number of thiazole rings is 1. The van der Waals surface area contributed by atoms with E-state index in [1.165, 1.54) is 11.3 Å². The summed E-state index contributed by atoms with van der Waals surface area (Å²) in [6, 6.07) is 7.74. The van der Waals surface area contributed by atoms with Gasteiger partial charge >= 0.3 is 5.13 Å². The van der Waals surface area contributed by atoms with Gasteiger partial charge in [-0.05, 0) is 24.3 Å². The standard InChI is InChI=1S/C10H9ClN2S/c1-13-9(6-14-10(13)12)7-2-4-8(11)5-3-7/h2-6,12H,1H3/p+1. The number of nitrogens with two attached hydrogens (primary N) is 1. The zero-order valence-corrected chi connectivity index (χ0v) is 9.27. The third-order valence-electron chi connectivity index (χ3n) is 2.12. The molecule has 2 nitrogen and oxygen atoms in total. The first kappa shape index (κ1) is 9.49. The molecule has 0 amide bonds. The number of nitrogens with zero attached hydrogens (tertiary/aromatic N) is 1. The molecule has 0 aliphatic rings. The Bertz CT molecular complexity index is 448. The topological polar surface area (TPSA) is 29.9 Å².